The van der Waals surface area contributed by atoms with Crippen LogP contribution in [0.5, 0.6) is 11.5 Å². The Bertz CT molecular complexity index is 651. The third-order valence-electron chi connectivity index (χ3n) is 2.73. The first kappa shape index (κ1) is 22.2. The summed E-state index contributed by atoms with van der Waals surface area (Å²) in [4.78, 5) is 0. The van der Waals surface area contributed by atoms with Gasteiger partial charge in [-0.25, -0.2) is 8.42 Å². The third-order valence-corrected chi connectivity index (χ3v) is 4.10. The number of hydrogen-bond acceptors (Lipinski definition) is 4. The van der Waals surface area contributed by atoms with Crippen LogP contribution in [-0.4, -0.2) is 39.7 Å². The van der Waals surface area contributed by atoms with Crippen molar-refractivity contribution < 1.29 is 44.2 Å². The van der Waals surface area contributed by atoms with E-state index in [4.69, 9.17) is 0 Å². The van der Waals surface area contributed by atoms with Gasteiger partial charge in [-0.05, 0) is 6.42 Å². The Kier molecular flexibility index (Phi) is 7.42. The second-order valence-corrected chi connectivity index (χ2v) is 7.12. The molecule has 0 saturated heterocycles. The zero-order valence-corrected chi connectivity index (χ0v) is 14.4. The lowest BCUT2D eigenvalue weighted by molar-refractivity contribution is -0.153. The fourth-order valence-electron chi connectivity index (χ4n) is 1.69. The van der Waals surface area contributed by atoms with Crippen LogP contribution in [0.1, 0.15) is 19.8 Å². The predicted octanol–water partition coefficient (Wildman–Crippen LogP) is 4.11. The molecule has 0 saturated carbocycles. The maximum atomic E-state index is 12.2. The third kappa shape index (κ3) is 9.59. The van der Waals surface area contributed by atoms with E-state index >= 15 is 0 Å². The number of rotatable bonds is 9. The van der Waals surface area contributed by atoms with Gasteiger partial charge < -0.3 is 9.47 Å². The van der Waals surface area contributed by atoms with Crippen LogP contribution in [0.3, 0.4) is 0 Å². The molecule has 0 atom stereocenters. The van der Waals surface area contributed by atoms with Crippen LogP contribution in [-0.2, 0) is 10.0 Å². The van der Waals surface area contributed by atoms with Crippen molar-refractivity contribution >= 4 is 15.7 Å². The molecule has 0 radical (unpaired) electrons. The molecule has 0 aliphatic carbocycles. The first-order chi connectivity index (χ1) is 11.8. The van der Waals surface area contributed by atoms with Crippen molar-refractivity contribution in [3.63, 3.8) is 0 Å². The summed E-state index contributed by atoms with van der Waals surface area (Å²) in [5.74, 6) is -1.24. The molecule has 1 aromatic carbocycles. The van der Waals surface area contributed by atoms with Crippen molar-refractivity contribution in [2.45, 2.75) is 32.1 Å². The highest BCUT2D eigenvalue weighted by Gasteiger charge is 2.30. The molecule has 0 aliphatic heterocycles. The van der Waals surface area contributed by atoms with Crippen molar-refractivity contribution in [3.05, 3.63) is 18.2 Å². The molecule has 0 heterocycles. The van der Waals surface area contributed by atoms with E-state index in [0.717, 1.165) is 18.2 Å². The minimum Gasteiger partial charge on any atom is -0.484 e. The molecule has 0 aliphatic rings. The van der Waals surface area contributed by atoms with Gasteiger partial charge in [0.05, 0.1) is 11.4 Å². The lowest BCUT2D eigenvalue weighted by Gasteiger charge is -2.15. The summed E-state index contributed by atoms with van der Waals surface area (Å²) in [7, 11) is -3.82. The second-order valence-electron chi connectivity index (χ2n) is 5.28. The SMILES string of the molecule is CCCCS(=O)(=O)Nc1cc(OCC(F)(F)F)cc(OCC(F)(F)F)c1. The number of ether oxygens (including phenoxy) is 2. The Balaban J connectivity index is 3.02. The first-order valence-corrected chi connectivity index (χ1v) is 8.99. The number of nitrogens with one attached hydrogen (secondary N) is 1. The average Bonchev–Trinajstić information content (AvgIpc) is 2.47. The molecule has 0 spiro atoms. The van der Waals surface area contributed by atoms with E-state index in [0.29, 0.717) is 12.8 Å². The summed E-state index contributed by atoms with van der Waals surface area (Å²) < 4.78 is 108. The summed E-state index contributed by atoms with van der Waals surface area (Å²) in [5.41, 5.74) is -0.266. The molecule has 5 nitrogen and oxygen atoms in total. The van der Waals surface area contributed by atoms with E-state index in [-0.39, 0.29) is 11.4 Å². The fraction of sp³-hybridized carbons (Fsp3) is 0.571. The molecule has 0 fully saturated rings. The van der Waals surface area contributed by atoms with Gasteiger partial charge in [0.1, 0.15) is 11.5 Å². The molecular formula is C14H17F6NO4S. The Labute approximate surface area is 146 Å². The lowest BCUT2D eigenvalue weighted by Crippen LogP contribution is -2.21. The first-order valence-electron chi connectivity index (χ1n) is 7.34. The van der Waals surface area contributed by atoms with E-state index in [9.17, 15) is 34.8 Å². The second kappa shape index (κ2) is 8.69. The normalized spacial score (nSPS) is 12.7. The van der Waals surface area contributed by atoms with E-state index < -0.39 is 47.1 Å². The van der Waals surface area contributed by atoms with Crippen LogP contribution in [0.2, 0.25) is 0 Å². The van der Waals surface area contributed by atoms with Gasteiger partial charge in [-0.1, -0.05) is 13.3 Å². The van der Waals surface area contributed by atoms with Crippen LogP contribution in [0.15, 0.2) is 18.2 Å². The molecule has 0 unspecified atom stereocenters. The van der Waals surface area contributed by atoms with Crippen molar-refractivity contribution in [2.24, 2.45) is 0 Å². The Morgan fingerprint density at radius 2 is 1.38 bits per heavy atom. The number of unbranched alkanes of at least 4 members (excludes halogenated alkanes) is 1. The maximum absolute atomic E-state index is 12.2. The summed E-state index contributed by atoms with van der Waals surface area (Å²) in [6.07, 6.45) is -8.44. The molecule has 12 heteroatoms. The zero-order valence-electron chi connectivity index (χ0n) is 13.6. The van der Waals surface area contributed by atoms with Crippen molar-refractivity contribution in [3.8, 4) is 11.5 Å². The summed E-state index contributed by atoms with van der Waals surface area (Å²) in [5, 5.41) is 0. The molecule has 1 aromatic rings. The molecule has 0 amide bonds. The minimum absolute atomic E-state index is 0.254. The average molecular weight is 409 g/mol. The van der Waals surface area contributed by atoms with Gasteiger partial charge in [0.25, 0.3) is 0 Å². The van der Waals surface area contributed by atoms with E-state index in [1.165, 1.54) is 0 Å². The Morgan fingerprint density at radius 1 is 0.923 bits per heavy atom. The zero-order chi connectivity index (χ0) is 20.0. The number of halogens is 6. The molecule has 0 bridgehead atoms. The van der Waals surface area contributed by atoms with Gasteiger partial charge >= 0.3 is 12.4 Å². The van der Waals surface area contributed by atoms with Crippen LogP contribution in [0.25, 0.3) is 0 Å². The smallest absolute Gasteiger partial charge is 0.422 e. The monoisotopic (exact) mass is 409 g/mol. The standard InChI is InChI=1S/C14H17F6NO4S/c1-2-3-4-26(22,23)21-10-5-11(24-8-13(15,16)17)7-12(6-10)25-9-14(18,19)20/h5-7,21H,2-4,8-9H2,1H3. The highest BCUT2D eigenvalue weighted by molar-refractivity contribution is 7.92. The largest absolute Gasteiger partial charge is 0.484 e. The van der Waals surface area contributed by atoms with Crippen LogP contribution < -0.4 is 14.2 Å². The van der Waals surface area contributed by atoms with Gasteiger partial charge in [-0.3, -0.25) is 4.72 Å². The predicted molar refractivity (Wildman–Crippen MR) is 81.9 cm³/mol. The van der Waals surface area contributed by atoms with E-state index in [1.54, 1.807) is 6.92 Å². The van der Waals surface area contributed by atoms with Crippen molar-refractivity contribution in [1.82, 2.24) is 0 Å². The van der Waals surface area contributed by atoms with Gasteiger partial charge in [0.2, 0.25) is 10.0 Å². The van der Waals surface area contributed by atoms with Crippen LogP contribution in [0.4, 0.5) is 32.0 Å². The van der Waals surface area contributed by atoms with E-state index in [2.05, 4.69) is 14.2 Å². The Hall–Kier alpha value is -1.85. The fourth-order valence-corrected chi connectivity index (χ4v) is 2.94. The number of sulfonamides is 1. The van der Waals surface area contributed by atoms with Crippen LogP contribution >= 0.6 is 0 Å². The number of alkyl halides is 6. The number of anilines is 1. The van der Waals surface area contributed by atoms with Gasteiger partial charge in [-0.15, -0.1) is 0 Å². The molecule has 1 N–H and O–H groups in total. The Morgan fingerprint density at radius 3 is 1.77 bits per heavy atom. The summed E-state index contributed by atoms with van der Waals surface area (Å²) in [6.45, 7) is -1.64. The van der Waals surface area contributed by atoms with Crippen LogP contribution in [0, 0.1) is 0 Å². The van der Waals surface area contributed by atoms with Gasteiger partial charge in [-0.2, -0.15) is 26.3 Å². The van der Waals surface area contributed by atoms with Gasteiger partial charge in [0.15, 0.2) is 13.2 Å². The quantitative estimate of drug-likeness (QED) is 0.624. The number of hydrogen-bond donors (Lipinski definition) is 1. The summed E-state index contributed by atoms with van der Waals surface area (Å²) in [6, 6.07) is 2.66. The van der Waals surface area contributed by atoms with E-state index in [1.807, 2.05) is 0 Å². The molecule has 150 valence electrons. The maximum Gasteiger partial charge on any atom is 0.422 e. The highest BCUT2D eigenvalue weighted by Crippen LogP contribution is 2.29. The number of benzene rings is 1. The van der Waals surface area contributed by atoms with Crippen molar-refractivity contribution in [2.75, 3.05) is 23.7 Å². The summed E-state index contributed by atoms with van der Waals surface area (Å²) >= 11 is 0. The lowest BCUT2D eigenvalue weighted by atomic mass is 10.3. The van der Waals surface area contributed by atoms with Crippen molar-refractivity contribution in [1.29, 1.82) is 0 Å². The molecule has 26 heavy (non-hydrogen) atoms. The molecule has 0 aromatic heterocycles. The van der Waals surface area contributed by atoms with Gasteiger partial charge in [0, 0.05) is 18.2 Å². The molecule has 1 rings (SSSR count). The highest BCUT2D eigenvalue weighted by atomic mass is 32.2. The minimum atomic E-state index is -4.68. The molecular weight excluding hydrogens is 392 g/mol. The topological polar surface area (TPSA) is 64.6 Å².